The van der Waals surface area contributed by atoms with Crippen LogP contribution in [0, 0.1) is 19.7 Å². The molecule has 1 N–H and O–H groups in total. The molecular formula is C31H25FN2O5S. The molecule has 0 radical (unpaired) electrons. The van der Waals surface area contributed by atoms with Crippen LogP contribution in [0.4, 0.5) is 9.52 Å². The second kappa shape index (κ2) is 10.9. The van der Waals surface area contributed by atoms with Crippen LogP contribution in [-0.2, 0) is 16.2 Å². The van der Waals surface area contributed by atoms with E-state index in [1.165, 1.54) is 31.2 Å². The van der Waals surface area contributed by atoms with Crippen molar-refractivity contribution in [3.8, 4) is 5.75 Å². The Labute approximate surface area is 234 Å². The zero-order valence-corrected chi connectivity index (χ0v) is 22.8. The summed E-state index contributed by atoms with van der Waals surface area (Å²) in [6.45, 7) is 5.40. The van der Waals surface area contributed by atoms with E-state index in [9.17, 15) is 23.9 Å². The molecule has 1 fully saturated rings. The number of ether oxygens (including phenoxy) is 1. The zero-order chi connectivity index (χ0) is 28.6. The van der Waals surface area contributed by atoms with Gasteiger partial charge in [-0.1, -0.05) is 47.7 Å². The van der Waals surface area contributed by atoms with Gasteiger partial charge in [0.2, 0.25) is 0 Å². The summed E-state index contributed by atoms with van der Waals surface area (Å²) in [5.74, 6) is -2.36. The molecule has 0 bridgehead atoms. The SMILES string of the molecule is CC(=O)c1sc(N2C(=O)C(=O)/C(=C(/O)c3ccc(OCc4ccccc4C)cc3)C2c2ccc(F)cc2)nc1C. The molecule has 7 nitrogen and oxygen atoms in total. The van der Waals surface area contributed by atoms with E-state index in [0.29, 0.717) is 34.1 Å². The number of hydrogen-bond donors (Lipinski definition) is 1. The summed E-state index contributed by atoms with van der Waals surface area (Å²) < 4.78 is 19.7. The largest absolute Gasteiger partial charge is 0.507 e. The number of rotatable bonds is 7. The Morgan fingerprint density at radius 2 is 1.70 bits per heavy atom. The number of aromatic nitrogens is 1. The molecule has 0 spiro atoms. The summed E-state index contributed by atoms with van der Waals surface area (Å²) in [5.41, 5.74) is 3.11. The topological polar surface area (TPSA) is 96.8 Å². The lowest BCUT2D eigenvalue weighted by Gasteiger charge is -2.23. The molecule has 9 heteroatoms. The number of anilines is 1. The molecule has 4 aromatic rings. The lowest BCUT2D eigenvalue weighted by Crippen LogP contribution is -2.29. The number of aliphatic hydroxyl groups is 1. The maximum absolute atomic E-state index is 13.8. The smallest absolute Gasteiger partial charge is 0.301 e. The summed E-state index contributed by atoms with van der Waals surface area (Å²) in [4.78, 5) is 44.6. The average molecular weight is 557 g/mol. The van der Waals surface area contributed by atoms with E-state index in [1.807, 2.05) is 31.2 Å². The van der Waals surface area contributed by atoms with Gasteiger partial charge in [0.1, 0.15) is 23.9 Å². The van der Waals surface area contributed by atoms with Crippen LogP contribution in [0.15, 0.2) is 78.4 Å². The van der Waals surface area contributed by atoms with Crippen molar-refractivity contribution in [2.75, 3.05) is 4.90 Å². The van der Waals surface area contributed by atoms with Crippen LogP contribution in [0.25, 0.3) is 5.76 Å². The summed E-state index contributed by atoms with van der Waals surface area (Å²) in [6.07, 6.45) is 0. The molecule has 1 aromatic heterocycles. The first-order valence-corrected chi connectivity index (χ1v) is 13.3. The van der Waals surface area contributed by atoms with Gasteiger partial charge in [-0.2, -0.15) is 0 Å². The number of aliphatic hydroxyl groups excluding tert-OH is 1. The minimum absolute atomic E-state index is 0.137. The standard InChI is InChI=1S/C31H25FN2O5S/c1-17-6-4-5-7-22(17)16-39-24-14-10-21(11-15-24)27(36)25-26(20-8-12-23(32)13-9-20)34(30(38)28(25)37)31-33-18(2)29(40-31)19(3)35/h4-15,26,36H,16H2,1-3H3/b27-25+. The molecule has 1 atom stereocenters. The Kier molecular flexibility index (Phi) is 7.32. The fourth-order valence-electron chi connectivity index (χ4n) is 4.60. The van der Waals surface area contributed by atoms with Gasteiger partial charge < -0.3 is 9.84 Å². The van der Waals surface area contributed by atoms with Crippen LogP contribution >= 0.6 is 11.3 Å². The van der Waals surface area contributed by atoms with Crippen LogP contribution in [-0.4, -0.2) is 27.6 Å². The van der Waals surface area contributed by atoms with Gasteiger partial charge in [0.15, 0.2) is 10.9 Å². The van der Waals surface area contributed by atoms with Crippen LogP contribution in [0.3, 0.4) is 0 Å². The number of benzene rings is 3. The van der Waals surface area contributed by atoms with Crippen LogP contribution < -0.4 is 9.64 Å². The highest BCUT2D eigenvalue weighted by Crippen LogP contribution is 2.44. The number of ketones is 2. The summed E-state index contributed by atoms with van der Waals surface area (Å²) in [7, 11) is 0. The third-order valence-electron chi connectivity index (χ3n) is 6.72. The van der Waals surface area contributed by atoms with Crippen molar-refractivity contribution < 1.29 is 28.6 Å². The van der Waals surface area contributed by atoms with Crippen molar-refractivity contribution in [3.05, 3.63) is 117 Å². The molecule has 1 saturated heterocycles. The molecule has 1 aliphatic heterocycles. The highest BCUT2D eigenvalue weighted by atomic mass is 32.1. The molecule has 1 unspecified atom stereocenters. The molecule has 0 aliphatic carbocycles. The van der Waals surface area contributed by atoms with Gasteiger partial charge in [-0.15, -0.1) is 0 Å². The normalized spacial score (nSPS) is 16.4. The Bertz CT molecular complexity index is 1660. The van der Waals surface area contributed by atoms with E-state index < -0.39 is 23.5 Å². The number of carbonyl (C=O) groups excluding carboxylic acids is 3. The molecule has 3 aromatic carbocycles. The van der Waals surface area contributed by atoms with Crippen LogP contribution in [0.5, 0.6) is 5.75 Å². The highest BCUT2D eigenvalue weighted by Gasteiger charge is 2.48. The van der Waals surface area contributed by atoms with Crippen molar-refractivity contribution in [2.45, 2.75) is 33.4 Å². The second-order valence-corrected chi connectivity index (χ2v) is 10.4. The number of aryl methyl sites for hydroxylation is 2. The van der Waals surface area contributed by atoms with Crippen molar-refractivity contribution >= 4 is 39.7 Å². The zero-order valence-electron chi connectivity index (χ0n) is 22.0. The summed E-state index contributed by atoms with van der Waals surface area (Å²) >= 11 is 0.986. The quantitative estimate of drug-likeness (QED) is 0.124. The number of halogens is 1. The molecule has 202 valence electrons. The fourth-order valence-corrected chi connectivity index (χ4v) is 5.59. The number of thiazole rings is 1. The Hall–Kier alpha value is -4.63. The van der Waals surface area contributed by atoms with Gasteiger partial charge in [-0.05, 0) is 66.9 Å². The molecule has 5 rings (SSSR count). The number of Topliss-reactive ketones (excluding diaryl/α,β-unsaturated/α-hetero) is 2. The van der Waals surface area contributed by atoms with Gasteiger partial charge in [-0.3, -0.25) is 19.3 Å². The lowest BCUT2D eigenvalue weighted by molar-refractivity contribution is -0.132. The first kappa shape index (κ1) is 27.0. The van der Waals surface area contributed by atoms with Crippen LogP contribution in [0.1, 0.15) is 50.6 Å². The summed E-state index contributed by atoms with van der Waals surface area (Å²) in [5, 5.41) is 11.5. The maximum atomic E-state index is 13.8. The average Bonchev–Trinajstić information content (AvgIpc) is 3.45. The summed E-state index contributed by atoms with van der Waals surface area (Å²) in [6, 6.07) is 18.6. The fraction of sp³-hybridized carbons (Fsp3) is 0.161. The van der Waals surface area contributed by atoms with Crippen LogP contribution in [0.2, 0.25) is 0 Å². The van der Waals surface area contributed by atoms with Crippen molar-refractivity contribution in [3.63, 3.8) is 0 Å². The van der Waals surface area contributed by atoms with Gasteiger partial charge in [0, 0.05) is 12.5 Å². The predicted molar refractivity (Wildman–Crippen MR) is 150 cm³/mol. The maximum Gasteiger partial charge on any atom is 0.301 e. The Balaban J connectivity index is 1.53. The van der Waals surface area contributed by atoms with Gasteiger partial charge in [0.25, 0.3) is 5.78 Å². The Morgan fingerprint density at radius 1 is 1.02 bits per heavy atom. The number of carbonyl (C=O) groups is 3. The van der Waals surface area contributed by atoms with Gasteiger partial charge in [0.05, 0.1) is 22.2 Å². The van der Waals surface area contributed by atoms with E-state index in [2.05, 4.69) is 4.98 Å². The van der Waals surface area contributed by atoms with E-state index in [-0.39, 0.29) is 22.2 Å². The minimum atomic E-state index is -1.08. The Morgan fingerprint density at radius 3 is 2.33 bits per heavy atom. The number of hydrogen-bond acceptors (Lipinski definition) is 7. The van der Waals surface area contributed by atoms with Gasteiger partial charge >= 0.3 is 5.91 Å². The number of nitrogens with zero attached hydrogens (tertiary/aromatic N) is 2. The predicted octanol–water partition coefficient (Wildman–Crippen LogP) is 6.31. The molecule has 2 heterocycles. The van der Waals surface area contributed by atoms with E-state index in [0.717, 1.165) is 27.4 Å². The molecule has 0 saturated carbocycles. The third kappa shape index (κ3) is 5.03. The van der Waals surface area contributed by atoms with Crippen molar-refractivity contribution in [2.24, 2.45) is 0 Å². The van der Waals surface area contributed by atoms with Crippen molar-refractivity contribution in [1.82, 2.24) is 4.98 Å². The van der Waals surface area contributed by atoms with Crippen molar-refractivity contribution in [1.29, 1.82) is 0 Å². The molecule has 1 amide bonds. The monoisotopic (exact) mass is 556 g/mol. The first-order chi connectivity index (χ1) is 19.2. The van der Waals surface area contributed by atoms with E-state index in [1.54, 1.807) is 31.2 Å². The minimum Gasteiger partial charge on any atom is -0.507 e. The second-order valence-electron chi connectivity index (χ2n) is 9.43. The van der Waals surface area contributed by atoms with Gasteiger partial charge in [-0.25, -0.2) is 9.37 Å². The van der Waals surface area contributed by atoms with E-state index in [4.69, 9.17) is 4.74 Å². The van der Waals surface area contributed by atoms with E-state index >= 15 is 0 Å². The first-order valence-electron chi connectivity index (χ1n) is 12.5. The molecular weight excluding hydrogens is 531 g/mol. The highest BCUT2D eigenvalue weighted by molar-refractivity contribution is 7.18. The number of amides is 1. The lowest BCUT2D eigenvalue weighted by atomic mass is 9.95. The molecule has 1 aliphatic rings. The third-order valence-corrected chi connectivity index (χ3v) is 7.98. The molecule has 40 heavy (non-hydrogen) atoms.